The van der Waals surface area contributed by atoms with Crippen molar-refractivity contribution in [2.75, 3.05) is 0 Å². The molecule has 0 spiro atoms. The summed E-state index contributed by atoms with van der Waals surface area (Å²) < 4.78 is 29.8. The van der Waals surface area contributed by atoms with Crippen molar-refractivity contribution < 1.29 is 13.7 Å². The van der Waals surface area contributed by atoms with Gasteiger partial charge in [0.2, 0.25) is 0 Å². The zero-order chi connectivity index (χ0) is 16.6. The van der Waals surface area contributed by atoms with E-state index in [-0.39, 0.29) is 5.56 Å². The molecule has 0 radical (unpaired) electrons. The Morgan fingerprint density at radius 3 is 2.14 bits per heavy atom. The summed E-state index contributed by atoms with van der Waals surface area (Å²) in [7, 11) is -1.46. The highest BCUT2D eigenvalue weighted by atomic mass is 79.9. The maximum Gasteiger partial charge on any atom is 0.128 e. The smallest absolute Gasteiger partial charge is 0.128 e. The van der Waals surface area contributed by atoms with E-state index in [0.717, 1.165) is 0 Å². The Kier molecular flexibility index (Phi) is 5.42. The van der Waals surface area contributed by atoms with Gasteiger partial charge in [-0.2, -0.15) is 0 Å². The first-order valence-corrected chi connectivity index (χ1v) is 8.61. The van der Waals surface area contributed by atoms with E-state index >= 15 is 0 Å². The SMILES string of the molecule is CC(C)(C)[S@](=O)N[C@](C)(c1cc(Br)ccc1F)C(C)(C)O. The Labute approximate surface area is 137 Å². The van der Waals surface area contributed by atoms with Crippen molar-refractivity contribution in [2.24, 2.45) is 0 Å². The highest BCUT2D eigenvalue weighted by Crippen LogP contribution is 2.36. The molecule has 0 aliphatic carbocycles. The molecule has 0 unspecified atom stereocenters. The molecule has 0 saturated carbocycles. The molecule has 0 heterocycles. The summed E-state index contributed by atoms with van der Waals surface area (Å²) in [5.41, 5.74) is -2.27. The molecule has 1 aromatic rings. The van der Waals surface area contributed by atoms with Crippen molar-refractivity contribution in [1.82, 2.24) is 4.72 Å². The normalized spacial score (nSPS) is 17.4. The number of aliphatic hydroxyl groups is 1. The minimum absolute atomic E-state index is 0.266. The summed E-state index contributed by atoms with van der Waals surface area (Å²) >= 11 is 3.31. The van der Waals surface area contributed by atoms with Crippen LogP contribution in [0.3, 0.4) is 0 Å². The van der Waals surface area contributed by atoms with E-state index in [2.05, 4.69) is 20.7 Å². The van der Waals surface area contributed by atoms with E-state index in [0.29, 0.717) is 4.47 Å². The molecule has 2 atom stereocenters. The first-order chi connectivity index (χ1) is 9.29. The Bertz CT molecular complexity index is 552. The van der Waals surface area contributed by atoms with E-state index in [1.807, 2.05) is 20.8 Å². The maximum absolute atomic E-state index is 14.3. The summed E-state index contributed by atoms with van der Waals surface area (Å²) in [6.45, 7) is 10.2. The first-order valence-electron chi connectivity index (χ1n) is 6.66. The second kappa shape index (κ2) is 6.07. The Balaban J connectivity index is 3.42. The lowest BCUT2D eigenvalue weighted by molar-refractivity contribution is -0.00613. The third kappa shape index (κ3) is 4.12. The molecule has 1 aromatic carbocycles. The van der Waals surface area contributed by atoms with Crippen LogP contribution < -0.4 is 4.72 Å². The van der Waals surface area contributed by atoms with Crippen LogP contribution in [0.15, 0.2) is 22.7 Å². The largest absolute Gasteiger partial charge is 0.388 e. The average Bonchev–Trinajstić information content (AvgIpc) is 2.29. The average molecular weight is 380 g/mol. The van der Waals surface area contributed by atoms with Crippen molar-refractivity contribution in [3.63, 3.8) is 0 Å². The lowest BCUT2D eigenvalue weighted by Crippen LogP contribution is -2.58. The lowest BCUT2D eigenvalue weighted by atomic mass is 9.79. The Morgan fingerprint density at radius 2 is 1.71 bits per heavy atom. The molecule has 1 rings (SSSR count). The summed E-state index contributed by atoms with van der Waals surface area (Å²) in [6, 6.07) is 4.51. The number of hydrogen-bond donors (Lipinski definition) is 2. The molecule has 0 aliphatic rings. The van der Waals surface area contributed by atoms with Gasteiger partial charge < -0.3 is 5.11 Å². The van der Waals surface area contributed by atoms with Gasteiger partial charge in [-0.3, -0.25) is 0 Å². The van der Waals surface area contributed by atoms with E-state index < -0.39 is 32.7 Å². The number of benzene rings is 1. The van der Waals surface area contributed by atoms with Crippen LogP contribution in [0.25, 0.3) is 0 Å². The third-order valence-corrected chi connectivity index (χ3v) is 5.74. The number of nitrogens with one attached hydrogen (secondary N) is 1. The molecule has 0 saturated heterocycles. The first kappa shape index (κ1) is 18.7. The third-order valence-electron chi connectivity index (χ3n) is 3.54. The zero-order valence-corrected chi connectivity index (χ0v) is 15.7. The fraction of sp³-hybridized carbons (Fsp3) is 0.600. The van der Waals surface area contributed by atoms with Gasteiger partial charge in [0.1, 0.15) is 5.82 Å². The molecule has 21 heavy (non-hydrogen) atoms. The van der Waals surface area contributed by atoms with Gasteiger partial charge >= 0.3 is 0 Å². The van der Waals surface area contributed by atoms with Gasteiger partial charge in [0, 0.05) is 10.0 Å². The number of rotatable bonds is 4. The van der Waals surface area contributed by atoms with Crippen LogP contribution in [-0.4, -0.2) is 19.7 Å². The minimum Gasteiger partial charge on any atom is -0.388 e. The minimum atomic E-state index is -1.46. The van der Waals surface area contributed by atoms with Crippen molar-refractivity contribution >= 4 is 26.9 Å². The fourth-order valence-corrected chi connectivity index (χ4v) is 3.13. The molecule has 0 fully saturated rings. The van der Waals surface area contributed by atoms with Crippen LogP contribution in [0.5, 0.6) is 0 Å². The van der Waals surface area contributed by atoms with E-state index in [4.69, 9.17) is 0 Å². The molecule has 3 nitrogen and oxygen atoms in total. The van der Waals surface area contributed by atoms with Crippen LogP contribution in [0.1, 0.15) is 47.1 Å². The number of hydrogen-bond acceptors (Lipinski definition) is 2. The van der Waals surface area contributed by atoms with Crippen molar-refractivity contribution in [3.05, 3.63) is 34.1 Å². The van der Waals surface area contributed by atoms with Crippen LogP contribution in [-0.2, 0) is 16.5 Å². The zero-order valence-electron chi connectivity index (χ0n) is 13.3. The van der Waals surface area contributed by atoms with Gasteiger partial charge in [0.05, 0.1) is 26.9 Å². The van der Waals surface area contributed by atoms with Gasteiger partial charge in [0.15, 0.2) is 0 Å². The van der Waals surface area contributed by atoms with Gasteiger partial charge in [0.25, 0.3) is 0 Å². The molecular formula is C15H23BrFNO2S. The van der Waals surface area contributed by atoms with Crippen LogP contribution in [0.2, 0.25) is 0 Å². The van der Waals surface area contributed by atoms with Crippen molar-refractivity contribution in [2.45, 2.75) is 57.4 Å². The van der Waals surface area contributed by atoms with Crippen LogP contribution in [0.4, 0.5) is 4.39 Å². The summed E-state index contributed by atoms with van der Waals surface area (Å²) in [6.07, 6.45) is 0. The summed E-state index contributed by atoms with van der Waals surface area (Å²) in [4.78, 5) is 0. The summed E-state index contributed by atoms with van der Waals surface area (Å²) in [5, 5.41) is 10.5. The topological polar surface area (TPSA) is 49.3 Å². The number of halogens is 2. The molecule has 0 amide bonds. The highest BCUT2D eigenvalue weighted by Gasteiger charge is 2.45. The van der Waals surface area contributed by atoms with Crippen LogP contribution in [0, 0.1) is 5.82 Å². The van der Waals surface area contributed by atoms with Crippen molar-refractivity contribution in [3.8, 4) is 0 Å². The molecule has 0 aromatic heterocycles. The lowest BCUT2D eigenvalue weighted by Gasteiger charge is -2.42. The molecular weight excluding hydrogens is 357 g/mol. The quantitative estimate of drug-likeness (QED) is 0.838. The summed E-state index contributed by atoms with van der Waals surface area (Å²) in [5.74, 6) is -0.457. The Hall–Kier alpha value is -0.300. The second-order valence-corrected chi connectivity index (χ2v) is 9.67. The molecule has 120 valence electrons. The molecule has 0 bridgehead atoms. The predicted octanol–water partition coefficient (Wildman–Crippen LogP) is 3.63. The van der Waals surface area contributed by atoms with Crippen molar-refractivity contribution in [1.29, 1.82) is 0 Å². The monoisotopic (exact) mass is 379 g/mol. The Morgan fingerprint density at radius 1 is 1.19 bits per heavy atom. The van der Waals surface area contributed by atoms with E-state index in [9.17, 15) is 13.7 Å². The molecule has 6 heteroatoms. The van der Waals surface area contributed by atoms with Gasteiger partial charge in [-0.1, -0.05) is 15.9 Å². The highest BCUT2D eigenvalue weighted by molar-refractivity contribution is 9.10. The van der Waals surface area contributed by atoms with E-state index in [1.165, 1.54) is 6.07 Å². The molecule has 0 aliphatic heterocycles. The van der Waals surface area contributed by atoms with E-state index in [1.54, 1.807) is 32.9 Å². The molecule has 2 N–H and O–H groups in total. The van der Waals surface area contributed by atoms with Gasteiger partial charge in [-0.15, -0.1) is 0 Å². The maximum atomic E-state index is 14.3. The second-order valence-electron chi connectivity index (χ2n) is 6.79. The fourth-order valence-electron chi connectivity index (χ4n) is 1.73. The predicted molar refractivity (Wildman–Crippen MR) is 88.8 cm³/mol. The standard InChI is InChI=1S/C15H23BrFNO2S/c1-13(2,3)21(20)18-15(6,14(4,5)19)11-9-10(16)7-8-12(11)17/h7-9,18-19H,1-6H3/t15-,21+/m1/s1. The van der Waals surface area contributed by atoms with Gasteiger partial charge in [-0.25, -0.2) is 13.3 Å². The van der Waals surface area contributed by atoms with Gasteiger partial charge in [-0.05, 0) is 59.7 Å². The van der Waals surface area contributed by atoms with Crippen LogP contribution >= 0.6 is 15.9 Å².